The number of nitrogens with zero attached hydrogens (tertiary/aromatic N) is 2. The predicted molar refractivity (Wildman–Crippen MR) is 93.7 cm³/mol. The third kappa shape index (κ3) is 3.82. The van der Waals surface area contributed by atoms with E-state index >= 15 is 0 Å². The first-order valence-corrected chi connectivity index (χ1v) is 9.06. The summed E-state index contributed by atoms with van der Waals surface area (Å²) in [5.41, 5.74) is 0.980. The quantitative estimate of drug-likeness (QED) is 0.928. The van der Waals surface area contributed by atoms with E-state index in [2.05, 4.69) is 10.3 Å². The highest BCUT2D eigenvalue weighted by Crippen LogP contribution is 2.21. The van der Waals surface area contributed by atoms with E-state index in [1.807, 2.05) is 36.6 Å². The van der Waals surface area contributed by atoms with E-state index in [9.17, 15) is 9.59 Å². The fourth-order valence-corrected chi connectivity index (χ4v) is 3.67. The Labute approximate surface area is 145 Å². The second kappa shape index (κ2) is 7.57. The Morgan fingerprint density at radius 2 is 2.25 bits per heavy atom. The van der Waals surface area contributed by atoms with Crippen LogP contribution in [0.2, 0.25) is 0 Å². The number of amides is 2. The molecule has 1 saturated heterocycles. The van der Waals surface area contributed by atoms with Gasteiger partial charge in [-0.25, -0.2) is 0 Å². The lowest BCUT2D eigenvalue weighted by Gasteiger charge is -2.32. The summed E-state index contributed by atoms with van der Waals surface area (Å²) < 4.78 is 0. The molecule has 0 aromatic carbocycles. The highest BCUT2D eigenvalue weighted by atomic mass is 32.1. The molecule has 2 aromatic rings. The predicted octanol–water partition coefficient (Wildman–Crippen LogP) is 2.87. The molecule has 1 aliphatic heterocycles. The molecule has 3 heterocycles. The molecule has 2 amide bonds. The number of rotatable bonds is 4. The van der Waals surface area contributed by atoms with Crippen LogP contribution >= 0.6 is 11.3 Å². The molecule has 3 rings (SSSR count). The van der Waals surface area contributed by atoms with E-state index in [-0.39, 0.29) is 23.8 Å². The van der Waals surface area contributed by atoms with Crippen molar-refractivity contribution in [3.05, 3.63) is 52.5 Å². The van der Waals surface area contributed by atoms with E-state index < -0.39 is 0 Å². The Morgan fingerprint density at radius 3 is 2.96 bits per heavy atom. The first-order valence-electron chi connectivity index (χ1n) is 8.18. The molecule has 0 saturated carbocycles. The van der Waals surface area contributed by atoms with Crippen molar-refractivity contribution in [1.29, 1.82) is 0 Å². The van der Waals surface area contributed by atoms with Gasteiger partial charge in [-0.05, 0) is 42.8 Å². The van der Waals surface area contributed by atoms with Gasteiger partial charge < -0.3 is 10.2 Å². The van der Waals surface area contributed by atoms with Crippen molar-refractivity contribution < 1.29 is 9.59 Å². The van der Waals surface area contributed by atoms with Crippen molar-refractivity contribution in [3.8, 4) is 0 Å². The van der Waals surface area contributed by atoms with Crippen LogP contribution in [0.15, 0.2) is 42.0 Å². The van der Waals surface area contributed by atoms with E-state index in [1.54, 1.807) is 17.3 Å². The maximum Gasteiger partial charge on any atom is 0.263 e. The fraction of sp³-hybridized carbons (Fsp3) is 0.389. The molecule has 1 fully saturated rings. The van der Waals surface area contributed by atoms with Crippen LogP contribution in [0.5, 0.6) is 0 Å². The molecule has 0 bridgehead atoms. The van der Waals surface area contributed by atoms with Crippen LogP contribution in [-0.4, -0.2) is 34.8 Å². The van der Waals surface area contributed by atoms with Gasteiger partial charge in [0, 0.05) is 25.5 Å². The number of likely N-dealkylation sites (tertiary alicyclic amines) is 1. The van der Waals surface area contributed by atoms with E-state index in [0.29, 0.717) is 6.54 Å². The van der Waals surface area contributed by atoms with Crippen LogP contribution in [0, 0.1) is 5.92 Å². The zero-order valence-corrected chi connectivity index (χ0v) is 14.5. The van der Waals surface area contributed by atoms with Crippen LogP contribution in [0.1, 0.15) is 41.0 Å². The Bertz CT molecular complexity index is 688. The lowest BCUT2D eigenvalue weighted by atomic mass is 9.96. The van der Waals surface area contributed by atoms with E-state index in [0.717, 1.165) is 29.8 Å². The van der Waals surface area contributed by atoms with Gasteiger partial charge in [0.2, 0.25) is 5.91 Å². The first-order chi connectivity index (χ1) is 11.6. The minimum absolute atomic E-state index is 0.00929. The van der Waals surface area contributed by atoms with Gasteiger partial charge in [-0.15, -0.1) is 11.3 Å². The maximum atomic E-state index is 12.6. The molecule has 0 aliphatic carbocycles. The summed E-state index contributed by atoms with van der Waals surface area (Å²) in [7, 11) is 0. The smallest absolute Gasteiger partial charge is 0.263 e. The third-order valence-electron chi connectivity index (χ3n) is 4.35. The lowest BCUT2D eigenvalue weighted by molar-refractivity contribution is -0.127. The summed E-state index contributed by atoms with van der Waals surface area (Å²) in [6.45, 7) is 3.16. The monoisotopic (exact) mass is 343 g/mol. The van der Waals surface area contributed by atoms with Crippen molar-refractivity contribution in [2.45, 2.75) is 25.8 Å². The molecule has 126 valence electrons. The molecule has 0 spiro atoms. The van der Waals surface area contributed by atoms with Crippen LogP contribution in [0.3, 0.4) is 0 Å². The Morgan fingerprint density at radius 1 is 1.38 bits per heavy atom. The molecule has 1 aliphatic rings. The molecule has 2 aromatic heterocycles. The summed E-state index contributed by atoms with van der Waals surface area (Å²) in [5, 5.41) is 4.95. The SMILES string of the molecule is C[C@H](NC(=O)[C@H]1CCCN(C(=O)c2cccs2)C1)c1cccnc1. The number of nitrogens with one attached hydrogen (secondary N) is 1. The Balaban J connectivity index is 1.60. The second-order valence-electron chi connectivity index (χ2n) is 6.08. The third-order valence-corrected chi connectivity index (χ3v) is 5.21. The van der Waals surface area contributed by atoms with Gasteiger partial charge in [0.05, 0.1) is 16.8 Å². The van der Waals surface area contributed by atoms with Crippen molar-refractivity contribution in [1.82, 2.24) is 15.2 Å². The Kier molecular flexibility index (Phi) is 5.25. The van der Waals surface area contributed by atoms with Gasteiger partial charge >= 0.3 is 0 Å². The minimum Gasteiger partial charge on any atom is -0.349 e. The van der Waals surface area contributed by atoms with Crippen molar-refractivity contribution >= 4 is 23.2 Å². The largest absolute Gasteiger partial charge is 0.349 e. The molecule has 0 radical (unpaired) electrons. The van der Waals surface area contributed by atoms with Gasteiger partial charge in [-0.3, -0.25) is 14.6 Å². The average Bonchev–Trinajstić information content (AvgIpc) is 3.16. The normalized spacial score (nSPS) is 18.9. The molecular formula is C18H21N3O2S. The number of hydrogen-bond donors (Lipinski definition) is 1. The van der Waals surface area contributed by atoms with Gasteiger partial charge in [0.15, 0.2) is 0 Å². The molecule has 5 nitrogen and oxygen atoms in total. The van der Waals surface area contributed by atoms with E-state index in [1.165, 1.54) is 11.3 Å². The number of pyridine rings is 1. The van der Waals surface area contributed by atoms with Crippen LogP contribution in [0.25, 0.3) is 0 Å². The second-order valence-corrected chi connectivity index (χ2v) is 7.03. The topological polar surface area (TPSA) is 62.3 Å². The van der Waals surface area contributed by atoms with Crippen LogP contribution < -0.4 is 5.32 Å². The number of piperidine rings is 1. The molecule has 0 unspecified atom stereocenters. The summed E-state index contributed by atoms with van der Waals surface area (Å²) in [6, 6.07) is 7.43. The number of carbonyl (C=O) groups excluding carboxylic acids is 2. The molecular weight excluding hydrogens is 322 g/mol. The first kappa shape index (κ1) is 16.6. The Hall–Kier alpha value is -2.21. The molecule has 1 N–H and O–H groups in total. The fourth-order valence-electron chi connectivity index (χ4n) is 2.98. The zero-order chi connectivity index (χ0) is 16.9. The van der Waals surface area contributed by atoms with Crippen molar-refractivity contribution in [2.24, 2.45) is 5.92 Å². The number of hydrogen-bond acceptors (Lipinski definition) is 4. The summed E-state index contributed by atoms with van der Waals surface area (Å²) >= 11 is 1.44. The summed E-state index contributed by atoms with van der Waals surface area (Å²) in [4.78, 5) is 31.7. The summed E-state index contributed by atoms with van der Waals surface area (Å²) in [6.07, 6.45) is 5.15. The standard InChI is InChI=1S/C18H21N3O2S/c1-13(14-5-2-8-19-11-14)20-17(22)15-6-3-9-21(12-15)18(23)16-7-4-10-24-16/h2,4-5,7-8,10-11,13,15H,3,6,9,12H2,1H3,(H,20,22)/t13-,15-/m0/s1. The highest BCUT2D eigenvalue weighted by Gasteiger charge is 2.29. The zero-order valence-electron chi connectivity index (χ0n) is 13.6. The number of thiophene rings is 1. The van der Waals surface area contributed by atoms with Crippen LogP contribution in [0.4, 0.5) is 0 Å². The van der Waals surface area contributed by atoms with Crippen molar-refractivity contribution in [2.75, 3.05) is 13.1 Å². The molecule has 6 heteroatoms. The van der Waals surface area contributed by atoms with E-state index in [4.69, 9.17) is 0 Å². The maximum absolute atomic E-state index is 12.6. The highest BCUT2D eigenvalue weighted by molar-refractivity contribution is 7.12. The minimum atomic E-state index is -0.151. The van der Waals surface area contributed by atoms with Gasteiger partial charge in [0.25, 0.3) is 5.91 Å². The molecule has 24 heavy (non-hydrogen) atoms. The average molecular weight is 343 g/mol. The number of carbonyl (C=O) groups is 2. The summed E-state index contributed by atoms with van der Waals surface area (Å²) in [5.74, 6) is -0.111. The van der Waals surface area contributed by atoms with Crippen LogP contribution in [-0.2, 0) is 4.79 Å². The lowest BCUT2D eigenvalue weighted by Crippen LogP contribution is -2.45. The van der Waals surface area contributed by atoms with Crippen molar-refractivity contribution in [3.63, 3.8) is 0 Å². The van der Waals surface area contributed by atoms with Gasteiger partial charge in [0.1, 0.15) is 0 Å². The molecule has 2 atom stereocenters. The van der Waals surface area contributed by atoms with Gasteiger partial charge in [-0.2, -0.15) is 0 Å². The number of aromatic nitrogens is 1. The van der Waals surface area contributed by atoms with Gasteiger partial charge in [-0.1, -0.05) is 12.1 Å².